The maximum Gasteiger partial charge on any atom is 0.287 e. The SMILES string of the molecule is Cn1cnnc1C1(F)CCN(c2c(C#N)cc(C(C)(F)F)nc2-c2ccc(F)nc2)CC1. The number of hydrogen-bond donors (Lipinski definition) is 0. The zero-order valence-corrected chi connectivity index (χ0v) is 17.4. The summed E-state index contributed by atoms with van der Waals surface area (Å²) in [5.41, 5.74) is -1.70. The minimum atomic E-state index is -3.30. The fourth-order valence-corrected chi connectivity index (χ4v) is 3.88. The van der Waals surface area contributed by atoms with Crippen LogP contribution in [-0.4, -0.2) is 37.8 Å². The number of aryl methyl sites for hydroxylation is 1. The number of piperidine rings is 1. The summed E-state index contributed by atoms with van der Waals surface area (Å²) in [6.07, 6.45) is 2.70. The highest BCUT2D eigenvalue weighted by molar-refractivity contribution is 5.80. The first-order valence-corrected chi connectivity index (χ1v) is 9.86. The van der Waals surface area contributed by atoms with Gasteiger partial charge in [-0.2, -0.15) is 18.4 Å². The second kappa shape index (κ2) is 7.85. The van der Waals surface area contributed by atoms with Gasteiger partial charge in [0.1, 0.15) is 18.1 Å². The van der Waals surface area contributed by atoms with Crippen molar-refractivity contribution in [2.45, 2.75) is 31.4 Å². The van der Waals surface area contributed by atoms with Gasteiger partial charge in [-0.1, -0.05) is 0 Å². The number of pyridine rings is 2. The summed E-state index contributed by atoms with van der Waals surface area (Å²) in [5.74, 6) is -3.83. The molecule has 0 saturated carbocycles. The average molecular weight is 445 g/mol. The zero-order valence-electron chi connectivity index (χ0n) is 17.4. The van der Waals surface area contributed by atoms with Crippen LogP contribution in [0.5, 0.6) is 0 Å². The zero-order chi connectivity index (χ0) is 23.1. The lowest BCUT2D eigenvalue weighted by atomic mass is 9.91. The van der Waals surface area contributed by atoms with Crippen molar-refractivity contribution in [1.29, 1.82) is 5.26 Å². The van der Waals surface area contributed by atoms with Gasteiger partial charge in [-0.25, -0.2) is 14.4 Å². The third-order valence-corrected chi connectivity index (χ3v) is 5.55. The topological polar surface area (TPSA) is 83.5 Å². The highest BCUT2D eigenvalue weighted by Gasteiger charge is 2.41. The third kappa shape index (κ3) is 3.88. The van der Waals surface area contributed by atoms with E-state index in [2.05, 4.69) is 20.2 Å². The average Bonchev–Trinajstić information content (AvgIpc) is 3.20. The smallest absolute Gasteiger partial charge is 0.287 e. The molecule has 0 N–H and O–H groups in total. The summed E-state index contributed by atoms with van der Waals surface area (Å²) < 4.78 is 58.6. The Kier molecular flexibility index (Phi) is 5.32. The Morgan fingerprint density at radius 3 is 2.47 bits per heavy atom. The van der Waals surface area contributed by atoms with E-state index in [1.165, 1.54) is 23.2 Å². The summed E-state index contributed by atoms with van der Waals surface area (Å²) in [6.45, 7) is 1.05. The fraction of sp³-hybridized carbons (Fsp3) is 0.381. The van der Waals surface area contributed by atoms with Gasteiger partial charge in [-0.05, 0) is 18.2 Å². The molecule has 3 aromatic heterocycles. The molecule has 3 aromatic rings. The maximum atomic E-state index is 15.6. The van der Waals surface area contributed by atoms with Gasteiger partial charge in [0.15, 0.2) is 11.5 Å². The van der Waals surface area contributed by atoms with Crippen LogP contribution in [0.1, 0.15) is 36.8 Å². The van der Waals surface area contributed by atoms with Gasteiger partial charge in [-0.15, -0.1) is 10.2 Å². The number of nitriles is 1. The van der Waals surface area contributed by atoms with Crippen molar-refractivity contribution in [3.8, 4) is 17.3 Å². The molecule has 0 bridgehead atoms. The largest absolute Gasteiger partial charge is 0.368 e. The fourth-order valence-electron chi connectivity index (χ4n) is 3.88. The molecule has 11 heteroatoms. The molecule has 4 rings (SSSR count). The Labute approximate surface area is 181 Å². The van der Waals surface area contributed by atoms with Crippen LogP contribution in [0.25, 0.3) is 11.3 Å². The van der Waals surface area contributed by atoms with E-state index in [4.69, 9.17) is 0 Å². The Bertz CT molecular complexity index is 1170. The third-order valence-electron chi connectivity index (χ3n) is 5.55. The lowest BCUT2D eigenvalue weighted by Gasteiger charge is -2.38. The first-order chi connectivity index (χ1) is 15.1. The van der Waals surface area contributed by atoms with Crippen LogP contribution in [0.2, 0.25) is 0 Å². The first kappa shape index (κ1) is 21.7. The van der Waals surface area contributed by atoms with E-state index in [0.717, 1.165) is 12.1 Å². The number of rotatable bonds is 4. The predicted octanol–water partition coefficient (Wildman–Crippen LogP) is 3.86. The summed E-state index contributed by atoms with van der Waals surface area (Å²) in [6, 6.07) is 5.43. The van der Waals surface area contributed by atoms with E-state index in [1.807, 2.05) is 6.07 Å². The maximum absolute atomic E-state index is 15.6. The molecule has 0 spiro atoms. The molecule has 0 aromatic carbocycles. The van der Waals surface area contributed by atoms with Crippen LogP contribution in [0, 0.1) is 17.3 Å². The molecule has 7 nitrogen and oxygen atoms in total. The molecule has 32 heavy (non-hydrogen) atoms. The molecular formula is C21H19F4N7. The summed E-state index contributed by atoms with van der Waals surface area (Å²) in [7, 11) is 1.66. The molecule has 0 atom stereocenters. The number of alkyl halides is 3. The number of hydrogen-bond acceptors (Lipinski definition) is 6. The minimum absolute atomic E-state index is 0.0270. The number of nitrogens with zero attached hydrogens (tertiary/aromatic N) is 7. The summed E-state index contributed by atoms with van der Waals surface area (Å²) in [5, 5.41) is 17.3. The molecule has 166 valence electrons. The highest BCUT2D eigenvalue weighted by atomic mass is 19.3. The van der Waals surface area contributed by atoms with E-state index >= 15 is 4.39 Å². The molecule has 1 aliphatic rings. The van der Waals surface area contributed by atoms with E-state index in [0.29, 0.717) is 6.92 Å². The molecule has 4 heterocycles. The van der Waals surface area contributed by atoms with Gasteiger partial charge in [0.05, 0.1) is 16.9 Å². The number of halogens is 4. The van der Waals surface area contributed by atoms with Crippen LogP contribution in [0.4, 0.5) is 23.2 Å². The van der Waals surface area contributed by atoms with Crippen LogP contribution in [0.3, 0.4) is 0 Å². The standard InChI is InChI=1S/C21H19F4N7/c1-20(23,24)15-9-14(10-26)18(17(29-15)13-3-4-16(22)27-11-13)32-7-5-21(25,6-8-32)19-30-28-12-31(19)2/h3-4,9,11-12H,5-8H2,1-2H3. The van der Waals surface area contributed by atoms with Crippen LogP contribution < -0.4 is 4.90 Å². The van der Waals surface area contributed by atoms with Gasteiger partial charge in [0.25, 0.3) is 5.92 Å². The number of anilines is 1. The Morgan fingerprint density at radius 2 is 1.94 bits per heavy atom. The van der Waals surface area contributed by atoms with Crippen molar-refractivity contribution in [2.75, 3.05) is 18.0 Å². The lowest BCUT2D eigenvalue weighted by molar-refractivity contribution is 0.0128. The van der Waals surface area contributed by atoms with E-state index < -0.39 is 23.2 Å². The molecule has 1 aliphatic heterocycles. The first-order valence-electron chi connectivity index (χ1n) is 9.86. The van der Waals surface area contributed by atoms with Gasteiger partial charge in [-0.3, -0.25) is 0 Å². The van der Waals surface area contributed by atoms with Crippen molar-refractivity contribution in [2.24, 2.45) is 7.05 Å². The Balaban J connectivity index is 1.77. The van der Waals surface area contributed by atoms with Gasteiger partial charge in [0, 0.05) is 51.7 Å². The Hall–Kier alpha value is -3.55. The molecule has 1 saturated heterocycles. The van der Waals surface area contributed by atoms with Crippen LogP contribution >= 0.6 is 0 Å². The Morgan fingerprint density at radius 1 is 1.22 bits per heavy atom. The quantitative estimate of drug-likeness (QED) is 0.448. The van der Waals surface area contributed by atoms with Crippen LogP contribution in [-0.2, 0) is 18.6 Å². The van der Waals surface area contributed by atoms with Gasteiger partial charge in [0.2, 0.25) is 5.95 Å². The van der Waals surface area contributed by atoms with E-state index in [9.17, 15) is 18.4 Å². The normalized spacial score (nSPS) is 16.1. The van der Waals surface area contributed by atoms with E-state index in [-0.39, 0.29) is 54.3 Å². The van der Waals surface area contributed by atoms with Crippen molar-refractivity contribution in [3.05, 3.63) is 53.8 Å². The van der Waals surface area contributed by atoms with Crippen LogP contribution in [0.15, 0.2) is 30.7 Å². The highest BCUT2D eigenvalue weighted by Crippen LogP contribution is 2.41. The van der Waals surface area contributed by atoms with Crippen molar-refractivity contribution in [3.63, 3.8) is 0 Å². The molecule has 0 amide bonds. The summed E-state index contributed by atoms with van der Waals surface area (Å²) in [4.78, 5) is 9.42. The second-order valence-electron chi connectivity index (χ2n) is 7.84. The number of aromatic nitrogens is 5. The lowest BCUT2D eigenvalue weighted by Crippen LogP contribution is -2.42. The van der Waals surface area contributed by atoms with Crippen molar-refractivity contribution in [1.82, 2.24) is 24.7 Å². The molecular weight excluding hydrogens is 426 g/mol. The molecule has 1 fully saturated rings. The summed E-state index contributed by atoms with van der Waals surface area (Å²) >= 11 is 0. The second-order valence-corrected chi connectivity index (χ2v) is 7.84. The minimum Gasteiger partial charge on any atom is -0.368 e. The van der Waals surface area contributed by atoms with Crippen molar-refractivity contribution >= 4 is 5.69 Å². The van der Waals surface area contributed by atoms with Crippen molar-refractivity contribution < 1.29 is 17.6 Å². The molecule has 0 aliphatic carbocycles. The van der Waals surface area contributed by atoms with Gasteiger partial charge < -0.3 is 9.47 Å². The molecule has 0 unspecified atom stereocenters. The monoisotopic (exact) mass is 445 g/mol. The van der Waals surface area contributed by atoms with E-state index in [1.54, 1.807) is 11.9 Å². The van der Waals surface area contributed by atoms with Gasteiger partial charge >= 0.3 is 0 Å². The molecule has 0 radical (unpaired) electrons. The predicted molar refractivity (Wildman–Crippen MR) is 107 cm³/mol.